The van der Waals surface area contributed by atoms with Crippen LogP contribution in [0.15, 0.2) is 35.4 Å². The molecule has 0 unspecified atom stereocenters. The van der Waals surface area contributed by atoms with Crippen molar-refractivity contribution in [2.45, 2.75) is 13.8 Å². The predicted octanol–water partition coefficient (Wildman–Crippen LogP) is 3.77. The number of thiophene rings is 1. The number of rotatable bonds is 4. The summed E-state index contributed by atoms with van der Waals surface area (Å²) in [5.41, 5.74) is 3.76. The Morgan fingerprint density at radius 3 is 2.64 bits per heavy atom. The molecule has 1 N–H and O–H groups in total. The van der Waals surface area contributed by atoms with Gasteiger partial charge < -0.3 is 0 Å². The minimum absolute atomic E-state index is 0.0236. The van der Waals surface area contributed by atoms with Crippen LogP contribution < -0.4 is 5.43 Å². The van der Waals surface area contributed by atoms with Gasteiger partial charge in [-0.1, -0.05) is 11.6 Å². The zero-order valence-electron chi connectivity index (χ0n) is 11.8. The largest absolute Gasteiger partial charge is 0.272 e. The fraction of sp³-hybridized carbons (Fsp3) is 0.143. The zero-order chi connectivity index (χ0) is 16.3. The zero-order valence-corrected chi connectivity index (χ0v) is 13.4. The molecule has 6 nitrogen and oxygen atoms in total. The number of nitrogens with zero attached hydrogens (tertiary/aromatic N) is 2. The summed E-state index contributed by atoms with van der Waals surface area (Å²) < 4.78 is 0.641. The van der Waals surface area contributed by atoms with Crippen LogP contribution in [0.2, 0.25) is 4.34 Å². The normalized spacial score (nSPS) is 11.3. The number of hydrazone groups is 1. The van der Waals surface area contributed by atoms with Gasteiger partial charge >= 0.3 is 0 Å². The van der Waals surface area contributed by atoms with Gasteiger partial charge in [0.05, 0.1) is 19.8 Å². The molecule has 2 aromatic rings. The Morgan fingerprint density at radius 1 is 1.36 bits per heavy atom. The number of aryl methyl sites for hydroxylation is 1. The van der Waals surface area contributed by atoms with Gasteiger partial charge in [-0.05, 0) is 38.1 Å². The quantitative estimate of drug-likeness (QED) is 0.523. The van der Waals surface area contributed by atoms with Gasteiger partial charge in [0.25, 0.3) is 11.6 Å². The van der Waals surface area contributed by atoms with Crippen molar-refractivity contribution in [1.82, 2.24) is 5.43 Å². The van der Waals surface area contributed by atoms with Gasteiger partial charge in [-0.2, -0.15) is 5.10 Å². The molecule has 0 aliphatic heterocycles. The van der Waals surface area contributed by atoms with E-state index in [0.29, 0.717) is 21.2 Å². The molecule has 0 spiro atoms. The maximum Gasteiger partial charge on any atom is 0.272 e. The molecular weight excluding hydrogens is 326 g/mol. The third-order valence-electron chi connectivity index (χ3n) is 2.91. The summed E-state index contributed by atoms with van der Waals surface area (Å²) in [6, 6.07) is 7.73. The van der Waals surface area contributed by atoms with Crippen LogP contribution in [0, 0.1) is 17.0 Å². The van der Waals surface area contributed by atoms with Gasteiger partial charge in [0.1, 0.15) is 0 Å². The maximum absolute atomic E-state index is 12.0. The summed E-state index contributed by atoms with van der Waals surface area (Å²) in [6.07, 6.45) is 0. The first-order valence-electron chi connectivity index (χ1n) is 6.24. The molecule has 1 aromatic heterocycles. The van der Waals surface area contributed by atoms with Crippen molar-refractivity contribution in [3.8, 4) is 0 Å². The van der Waals surface area contributed by atoms with E-state index in [-0.39, 0.29) is 5.69 Å². The summed E-state index contributed by atoms with van der Waals surface area (Å²) in [6.45, 7) is 3.33. The van der Waals surface area contributed by atoms with Crippen LogP contribution in [0.4, 0.5) is 5.69 Å². The molecule has 0 saturated carbocycles. The lowest BCUT2D eigenvalue weighted by Gasteiger charge is -2.03. The highest BCUT2D eigenvalue weighted by atomic mass is 35.5. The van der Waals surface area contributed by atoms with E-state index < -0.39 is 10.8 Å². The number of nitro benzene ring substituents is 1. The van der Waals surface area contributed by atoms with Gasteiger partial charge in [-0.15, -0.1) is 11.3 Å². The van der Waals surface area contributed by atoms with E-state index in [4.69, 9.17) is 11.6 Å². The van der Waals surface area contributed by atoms with Gasteiger partial charge in [0.2, 0.25) is 0 Å². The lowest BCUT2D eigenvalue weighted by atomic mass is 10.1. The average molecular weight is 338 g/mol. The first-order valence-corrected chi connectivity index (χ1v) is 7.43. The molecule has 2 rings (SSSR count). The number of nitro groups is 1. The van der Waals surface area contributed by atoms with Crippen molar-refractivity contribution in [3.63, 3.8) is 0 Å². The van der Waals surface area contributed by atoms with Gasteiger partial charge in [0, 0.05) is 17.2 Å². The Bertz CT molecular complexity index is 770. The van der Waals surface area contributed by atoms with Gasteiger partial charge in [-0.25, -0.2) is 5.43 Å². The van der Waals surface area contributed by atoms with Crippen LogP contribution in [0.1, 0.15) is 27.7 Å². The highest BCUT2D eigenvalue weighted by molar-refractivity contribution is 7.18. The molecular formula is C14H12ClN3O3S. The fourth-order valence-electron chi connectivity index (χ4n) is 1.76. The topological polar surface area (TPSA) is 84.6 Å². The second-order valence-corrected chi connectivity index (χ2v) is 6.22. The number of benzene rings is 1. The number of halogens is 1. The molecule has 1 heterocycles. The third kappa shape index (κ3) is 3.69. The maximum atomic E-state index is 12.0. The summed E-state index contributed by atoms with van der Waals surface area (Å²) in [5.74, 6) is -0.431. The van der Waals surface area contributed by atoms with E-state index in [9.17, 15) is 14.9 Å². The van der Waals surface area contributed by atoms with E-state index in [1.807, 2.05) is 6.07 Å². The molecule has 0 aliphatic rings. The Labute approximate surface area is 135 Å². The molecule has 0 fully saturated rings. The number of carbonyl (C=O) groups is 1. The standard InChI is InChI=1S/C14H12ClN3O3S/c1-8-7-10(3-4-11(8)18(20)21)14(19)17-16-9(2)12-5-6-13(15)22-12/h3-7H,1-2H3,(H,17,19)/b16-9-. The second-order valence-electron chi connectivity index (χ2n) is 4.50. The van der Waals surface area contributed by atoms with Crippen molar-refractivity contribution in [3.05, 3.63) is 60.8 Å². The summed E-state index contributed by atoms with van der Waals surface area (Å²) in [5, 5.41) is 14.8. The second kappa shape index (κ2) is 6.67. The van der Waals surface area contributed by atoms with Gasteiger partial charge in [-0.3, -0.25) is 14.9 Å². The minimum Gasteiger partial charge on any atom is -0.267 e. The molecule has 0 atom stereocenters. The van der Waals surface area contributed by atoms with Crippen molar-refractivity contribution in [2.24, 2.45) is 5.10 Å². The van der Waals surface area contributed by atoms with Crippen LogP contribution in [0.5, 0.6) is 0 Å². The number of amides is 1. The molecule has 0 radical (unpaired) electrons. The molecule has 0 bridgehead atoms. The summed E-state index contributed by atoms with van der Waals surface area (Å²) in [4.78, 5) is 23.1. The van der Waals surface area contributed by atoms with Crippen molar-refractivity contribution >= 4 is 40.2 Å². The van der Waals surface area contributed by atoms with E-state index in [1.54, 1.807) is 19.9 Å². The van der Waals surface area contributed by atoms with Crippen LogP contribution in [0.3, 0.4) is 0 Å². The Hall–Kier alpha value is -2.25. The molecule has 1 aromatic carbocycles. The SMILES string of the molecule is C/C(=N/NC(=O)c1ccc([N+](=O)[O-])c(C)c1)c1ccc(Cl)s1. The molecule has 8 heteroatoms. The molecule has 0 aliphatic carbocycles. The smallest absolute Gasteiger partial charge is 0.267 e. The lowest BCUT2D eigenvalue weighted by molar-refractivity contribution is -0.385. The van der Waals surface area contributed by atoms with E-state index in [1.165, 1.54) is 29.5 Å². The average Bonchev–Trinajstić information content (AvgIpc) is 2.90. The number of hydrogen-bond donors (Lipinski definition) is 1. The lowest BCUT2D eigenvalue weighted by Crippen LogP contribution is -2.19. The summed E-state index contributed by atoms with van der Waals surface area (Å²) in [7, 11) is 0. The monoisotopic (exact) mass is 337 g/mol. The molecule has 0 saturated heterocycles. The van der Waals surface area contributed by atoms with Crippen LogP contribution in [-0.4, -0.2) is 16.5 Å². The Morgan fingerprint density at radius 2 is 2.09 bits per heavy atom. The van der Waals surface area contributed by atoms with E-state index in [0.717, 1.165) is 4.88 Å². The van der Waals surface area contributed by atoms with Crippen molar-refractivity contribution < 1.29 is 9.72 Å². The fourth-order valence-corrected chi connectivity index (χ4v) is 2.75. The predicted molar refractivity (Wildman–Crippen MR) is 86.8 cm³/mol. The molecule has 1 amide bonds. The molecule has 114 valence electrons. The number of hydrogen-bond acceptors (Lipinski definition) is 5. The van der Waals surface area contributed by atoms with Crippen molar-refractivity contribution in [2.75, 3.05) is 0 Å². The molecule has 22 heavy (non-hydrogen) atoms. The minimum atomic E-state index is -0.486. The van der Waals surface area contributed by atoms with Gasteiger partial charge in [0.15, 0.2) is 0 Å². The Balaban J connectivity index is 2.12. The van der Waals surface area contributed by atoms with Crippen LogP contribution >= 0.6 is 22.9 Å². The highest BCUT2D eigenvalue weighted by Gasteiger charge is 2.13. The third-order valence-corrected chi connectivity index (χ3v) is 4.25. The van der Waals surface area contributed by atoms with Crippen LogP contribution in [-0.2, 0) is 0 Å². The highest BCUT2D eigenvalue weighted by Crippen LogP contribution is 2.22. The first-order chi connectivity index (χ1) is 10.4. The number of nitrogens with one attached hydrogen (secondary N) is 1. The Kier molecular flexibility index (Phi) is 4.89. The van der Waals surface area contributed by atoms with Crippen LogP contribution in [0.25, 0.3) is 0 Å². The summed E-state index contributed by atoms with van der Waals surface area (Å²) >= 11 is 7.20. The first kappa shape index (κ1) is 16.1. The van der Waals surface area contributed by atoms with E-state index >= 15 is 0 Å². The van der Waals surface area contributed by atoms with Crippen molar-refractivity contribution in [1.29, 1.82) is 0 Å². The number of carbonyl (C=O) groups excluding carboxylic acids is 1. The van der Waals surface area contributed by atoms with E-state index in [2.05, 4.69) is 10.5 Å².